The van der Waals surface area contributed by atoms with Crippen molar-refractivity contribution in [3.8, 4) is 5.75 Å². The highest BCUT2D eigenvalue weighted by atomic mass is 32.2. The average Bonchev–Trinajstić information content (AvgIpc) is 2.65. The molecule has 0 saturated carbocycles. The first kappa shape index (κ1) is 21.2. The fourth-order valence-corrected chi connectivity index (χ4v) is 4.34. The second kappa shape index (κ2) is 8.10. The number of nitrogens with zero attached hydrogens (tertiary/aromatic N) is 2. The Bertz CT molecular complexity index is 900. The molecule has 0 aliphatic carbocycles. The van der Waals surface area contributed by atoms with Gasteiger partial charge in [0, 0.05) is 25.7 Å². The Kier molecular flexibility index (Phi) is 5.92. The number of amides is 1. The Morgan fingerprint density at radius 2 is 2.00 bits per heavy atom. The van der Waals surface area contributed by atoms with E-state index in [1.54, 1.807) is 17.0 Å². The zero-order chi connectivity index (χ0) is 21.2. The first-order chi connectivity index (χ1) is 13.6. The highest BCUT2D eigenvalue weighted by Gasteiger charge is 2.28. The van der Waals surface area contributed by atoms with Crippen molar-refractivity contribution in [1.29, 1.82) is 0 Å². The van der Waals surface area contributed by atoms with Crippen LogP contribution in [0.2, 0.25) is 0 Å². The Labute approximate surface area is 171 Å². The van der Waals surface area contributed by atoms with E-state index in [-0.39, 0.29) is 16.9 Å². The molecule has 160 valence electrons. The third-order valence-electron chi connectivity index (χ3n) is 4.76. The van der Waals surface area contributed by atoms with Crippen molar-refractivity contribution in [2.45, 2.75) is 44.1 Å². The number of ether oxygens (including phenoxy) is 2. The van der Waals surface area contributed by atoms with Crippen molar-refractivity contribution in [2.75, 3.05) is 32.1 Å². The normalized spacial score (nSPS) is 18.9. The van der Waals surface area contributed by atoms with Gasteiger partial charge in [-0.1, -0.05) is 0 Å². The van der Waals surface area contributed by atoms with E-state index in [1.807, 2.05) is 20.8 Å². The molecular weight excluding hydrogens is 396 g/mol. The lowest BCUT2D eigenvalue weighted by Crippen LogP contribution is -2.44. The summed E-state index contributed by atoms with van der Waals surface area (Å²) in [4.78, 5) is 13.9. The zero-order valence-electron chi connectivity index (χ0n) is 17.2. The maximum Gasteiger partial charge on any atom is 0.410 e. The second-order valence-corrected chi connectivity index (χ2v) is 9.77. The van der Waals surface area contributed by atoms with E-state index in [4.69, 9.17) is 9.47 Å². The zero-order valence-corrected chi connectivity index (χ0v) is 18.0. The van der Waals surface area contributed by atoms with E-state index >= 15 is 0 Å². The molecule has 2 N–H and O–H groups in total. The lowest BCUT2D eigenvalue weighted by Gasteiger charge is -2.33. The summed E-state index contributed by atoms with van der Waals surface area (Å²) in [5.41, 5.74) is -0.0467. The molecular formula is C19H28N4O5S. The molecule has 0 radical (unpaired) electrons. The van der Waals surface area contributed by atoms with Gasteiger partial charge in [0.25, 0.3) is 10.0 Å². The number of methoxy groups -OCH3 is 1. The summed E-state index contributed by atoms with van der Waals surface area (Å²) in [5, 5.41) is 6.11. The SMILES string of the molecule is COc1ccc2c(c1)S(=O)(=O)N=C(NCC1CCN(C(=O)OC(C)(C)C)CC1)N2. The van der Waals surface area contributed by atoms with Crippen LogP contribution in [0, 0.1) is 5.92 Å². The predicted molar refractivity (Wildman–Crippen MR) is 110 cm³/mol. The first-order valence-electron chi connectivity index (χ1n) is 9.59. The molecule has 0 spiro atoms. The number of nitrogens with one attached hydrogen (secondary N) is 2. The van der Waals surface area contributed by atoms with Crippen LogP contribution in [0.5, 0.6) is 5.75 Å². The molecule has 2 aliphatic rings. The monoisotopic (exact) mass is 424 g/mol. The minimum absolute atomic E-state index is 0.0908. The molecule has 2 heterocycles. The summed E-state index contributed by atoms with van der Waals surface area (Å²) in [6.07, 6.45) is 1.32. The van der Waals surface area contributed by atoms with E-state index in [2.05, 4.69) is 15.0 Å². The molecule has 0 bridgehead atoms. The number of carbonyl (C=O) groups excluding carboxylic acids is 1. The van der Waals surface area contributed by atoms with Gasteiger partial charge in [-0.05, 0) is 51.7 Å². The third-order valence-corrected chi connectivity index (χ3v) is 6.07. The molecule has 0 aromatic heterocycles. The van der Waals surface area contributed by atoms with Gasteiger partial charge >= 0.3 is 6.09 Å². The average molecular weight is 425 g/mol. The quantitative estimate of drug-likeness (QED) is 0.767. The number of guanidine groups is 1. The van der Waals surface area contributed by atoms with Crippen LogP contribution >= 0.6 is 0 Å². The number of benzene rings is 1. The molecule has 29 heavy (non-hydrogen) atoms. The molecule has 2 aliphatic heterocycles. The van der Waals surface area contributed by atoms with Gasteiger partial charge in [-0.2, -0.15) is 8.42 Å². The Morgan fingerprint density at radius 3 is 2.62 bits per heavy atom. The summed E-state index contributed by atoms with van der Waals surface area (Å²) in [6.45, 7) is 7.34. The van der Waals surface area contributed by atoms with Gasteiger partial charge in [-0.15, -0.1) is 4.40 Å². The van der Waals surface area contributed by atoms with Crippen molar-refractivity contribution in [3.05, 3.63) is 18.2 Å². The van der Waals surface area contributed by atoms with Crippen LogP contribution in [0.25, 0.3) is 0 Å². The molecule has 10 heteroatoms. The van der Waals surface area contributed by atoms with Crippen molar-refractivity contribution in [1.82, 2.24) is 10.2 Å². The minimum atomic E-state index is -3.80. The van der Waals surface area contributed by atoms with Gasteiger partial charge < -0.3 is 25.0 Å². The van der Waals surface area contributed by atoms with E-state index in [9.17, 15) is 13.2 Å². The molecule has 9 nitrogen and oxygen atoms in total. The van der Waals surface area contributed by atoms with E-state index in [0.29, 0.717) is 37.0 Å². The van der Waals surface area contributed by atoms with Gasteiger partial charge in [-0.3, -0.25) is 0 Å². The lowest BCUT2D eigenvalue weighted by molar-refractivity contribution is 0.0185. The Balaban J connectivity index is 1.54. The number of anilines is 1. The fourth-order valence-electron chi connectivity index (χ4n) is 3.23. The van der Waals surface area contributed by atoms with Crippen LogP contribution in [0.3, 0.4) is 0 Å². The summed E-state index contributed by atoms with van der Waals surface area (Å²) in [7, 11) is -2.32. The van der Waals surface area contributed by atoms with Crippen LogP contribution in [0.1, 0.15) is 33.6 Å². The second-order valence-electron chi connectivity index (χ2n) is 8.19. The maximum atomic E-state index is 12.5. The van der Waals surface area contributed by atoms with Gasteiger partial charge in [0.1, 0.15) is 16.2 Å². The fraction of sp³-hybridized carbons (Fsp3) is 0.579. The van der Waals surface area contributed by atoms with E-state index in [1.165, 1.54) is 13.2 Å². The third kappa shape index (κ3) is 5.31. The molecule has 0 atom stereocenters. The van der Waals surface area contributed by atoms with Crippen LogP contribution in [-0.2, 0) is 14.8 Å². The highest BCUT2D eigenvalue weighted by molar-refractivity contribution is 7.90. The Morgan fingerprint density at radius 1 is 1.31 bits per heavy atom. The van der Waals surface area contributed by atoms with Crippen molar-refractivity contribution in [3.63, 3.8) is 0 Å². The molecule has 3 rings (SSSR count). The van der Waals surface area contributed by atoms with Gasteiger partial charge in [-0.25, -0.2) is 4.79 Å². The predicted octanol–water partition coefficient (Wildman–Crippen LogP) is 2.40. The number of hydrogen-bond acceptors (Lipinski definition) is 7. The largest absolute Gasteiger partial charge is 0.497 e. The van der Waals surface area contributed by atoms with Crippen molar-refractivity contribution < 1.29 is 22.7 Å². The van der Waals surface area contributed by atoms with Gasteiger partial charge in [0.15, 0.2) is 0 Å². The van der Waals surface area contributed by atoms with E-state index in [0.717, 1.165) is 12.8 Å². The number of likely N-dealkylation sites (tertiary alicyclic amines) is 1. The molecule has 1 amide bonds. The smallest absolute Gasteiger partial charge is 0.410 e. The summed E-state index contributed by atoms with van der Waals surface area (Å²) >= 11 is 0. The van der Waals surface area contributed by atoms with Crippen LogP contribution < -0.4 is 15.4 Å². The van der Waals surface area contributed by atoms with Gasteiger partial charge in [0.05, 0.1) is 12.8 Å². The first-order valence-corrected chi connectivity index (χ1v) is 11.0. The topological polar surface area (TPSA) is 109 Å². The Hall–Kier alpha value is -2.49. The molecule has 1 saturated heterocycles. The van der Waals surface area contributed by atoms with Crippen molar-refractivity contribution >= 4 is 27.8 Å². The number of piperidine rings is 1. The maximum absolute atomic E-state index is 12.5. The van der Waals surface area contributed by atoms with E-state index < -0.39 is 15.6 Å². The summed E-state index contributed by atoms with van der Waals surface area (Å²) in [5.74, 6) is 0.966. The van der Waals surface area contributed by atoms with Crippen molar-refractivity contribution in [2.24, 2.45) is 10.3 Å². The van der Waals surface area contributed by atoms with Crippen LogP contribution in [-0.4, -0.2) is 57.7 Å². The number of fused-ring (bicyclic) bond motifs is 1. The molecule has 1 fully saturated rings. The molecule has 1 aromatic carbocycles. The van der Waals surface area contributed by atoms with Gasteiger partial charge in [0.2, 0.25) is 5.96 Å². The van der Waals surface area contributed by atoms with Crippen LogP contribution in [0.15, 0.2) is 27.5 Å². The molecule has 1 aromatic rings. The summed E-state index contributed by atoms with van der Waals surface area (Å²) < 4.78 is 39.2. The highest BCUT2D eigenvalue weighted by Crippen LogP contribution is 2.30. The standard InChI is InChI=1S/C19H28N4O5S/c1-19(2,3)28-18(24)23-9-7-13(8-10-23)12-20-17-21-15-6-5-14(27-4)11-16(15)29(25,26)22-17/h5-6,11,13H,7-10,12H2,1-4H3,(H2,20,21,22). The number of sulfonamides is 1. The lowest BCUT2D eigenvalue weighted by atomic mass is 9.97. The number of hydrogen-bond donors (Lipinski definition) is 2. The minimum Gasteiger partial charge on any atom is -0.497 e. The van der Waals surface area contributed by atoms with Crippen LogP contribution in [0.4, 0.5) is 10.5 Å². The number of rotatable bonds is 3. The number of carbonyl (C=O) groups is 1. The summed E-state index contributed by atoms with van der Waals surface area (Å²) in [6, 6.07) is 4.79. The molecule has 0 unspecified atom stereocenters.